The minimum absolute atomic E-state index is 0.0596. The molecule has 0 saturated carbocycles. The molecular weight excluding hydrogens is 581 g/mol. The summed E-state index contributed by atoms with van der Waals surface area (Å²) in [5.41, 5.74) is 1.11. The van der Waals surface area contributed by atoms with Crippen LogP contribution in [0.15, 0.2) is 71.1 Å². The second kappa shape index (κ2) is 11.1. The van der Waals surface area contributed by atoms with Crippen LogP contribution in [0, 0.1) is 25.5 Å². The van der Waals surface area contributed by atoms with Crippen molar-refractivity contribution in [2.75, 3.05) is 9.62 Å². The second-order valence-electron chi connectivity index (χ2n) is 8.66. The molecule has 1 heterocycles. The largest absolute Gasteiger partial charge is 0.412 e. The molecule has 13 heteroatoms. The van der Waals surface area contributed by atoms with Crippen molar-refractivity contribution in [3.63, 3.8) is 0 Å². The van der Waals surface area contributed by atoms with Gasteiger partial charge in [0.1, 0.15) is 16.5 Å². The van der Waals surface area contributed by atoms with Crippen LogP contribution in [0.5, 0.6) is 0 Å². The number of nitrogens with zero attached hydrogens (tertiary/aromatic N) is 2. The lowest BCUT2D eigenvalue weighted by atomic mass is 10.1. The number of halogens is 6. The fourth-order valence-electron chi connectivity index (χ4n) is 3.93. The lowest BCUT2D eigenvalue weighted by Gasteiger charge is -2.25. The Morgan fingerprint density at radius 3 is 2.38 bits per heavy atom. The molecule has 1 N–H and O–H groups in total. The maximum Gasteiger partial charge on any atom is 0.412 e. The topological polar surface area (TPSA) is 62.3 Å². The second-order valence-corrected chi connectivity index (χ2v) is 11.8. The third-order valence-electron chi connectivity index (χ3n) is 5.88. The van der Waals surface area contributed by atoms with Crippen LogP contribution < -0.4 is 9.62 Å². The van der Waals surface area contributed by atoms with Gasteiger partial charge >= 0.3 is 6.18 Å². The summed E-state index contributed by atoms with van der Waals surface area (Å²) < 4.78 is 99.3. The van der Waals surface area contributed by atoms with Crippen LogP contribution in [0.25, 0.3) is 0 Å². The first-order valence-corrected chi connectivity index (χ1v) is 14.0. The molecule has 0 aliphatic rings. The Hall–Kier alpha value is -3.22. The van der Waals surface area contributed by atoms with Crippen molar-refractivity contribution in [3.05, 3.63) is 105 Å². The minimum atomic E-state index is -4.99. The zero-order valence-corrected chi connectivity index (χ0v) is 22.8. The van der Waals surface area contributed by atoms with Crippen LogP contribution in [0.2, 0.25) is 5.02 Å². The third kappa shape index (κ3) is 6.18. The molecule has 4 rings (SSSR count). The molecule has 1 atom stereocenters. The average Bonchev–Trinajstić information content (AvgIpc) is 3.38. The van der Waals surface area contributed by atoms with Gasteiger partial charge in [0.05, 0.1) is 17.3 Å². The Kier molecular flexibility index (Phi) is 8.20. The van der Waals surface area contributed by atoms with Crippen LogP contribution in [0.4, 0.5) is 32.8 Å². The smallest absolute Gasteiger partial charge is 0.369 e. The van der Waals surface area contributed by atoms with Crippen molar-refractivity contribution in [3.8, 4) is 0 Å². The van der Waals surface area contributed by atoms with Crippen molar-refractivity contribution >= 4 is 43.8 Å². The summed E-state index contributed by atoms with van der Waals surface area (Å²) in [6.07, 6.45) is -3.60. The monoisotopic (exact) mass is 601 g/mol. The SMILES string of the molecule is Cc1ccc(CN(c2nccs2)S(=O)(=O)c2cc(Cl)c(N[C@H](c3ccccc3F)C(F)(F)F)cc2F)c(C)c1. The molecular formula is C26H21ClF5N3O2S2. The standard InChI is InChI=1S/C26H21ClF5N3O2S2/c1-15-7-8-17(16(2)11-15)14-35(25-33-9-10-38-25)39(36,37)23-12-19(27)22(13-21(23)29)34-24(26(30,31)32)18-5-3-4-6-20(18)28/h3-13,24,34H,14H2,1-2H3/t24-/m1/s1. The molecule has 0 amide bonds. The van der Waals surface area contributed by atoms with Gasteiger partial charge < -0.3 is 5.32 Å². The van der Waals surface area contributed by atoms with Crippen molar-refractivity contribution in [2.45, 2.75) is 37.5 Å². The van der Waals surface area contributed by atoms with Gasteiger partial charge in [0.25, 0.3) is 10.0 Å². The highest BCUT2D eigenvalue weighted by Gasteiger charge is 2.43. The van der Waals surface area contributed by atoms with Crippen molar-refractivity contribution in [1.29, 1.82) is 0 Å². The van der Waals surface area contributed by atoms with E-state index >= 15 is 4.39 Å². The Labute approximate surface area is 230 Å². The van der Waals surface area contributed by atoms with Gasteiger partial charge in [-0.15, -0.1) is 11.3 Å². The molecule has 5 nitrogen and oxygen atoms in total. The summed E-state index contributed by atoms with van der Waals surface area (Å²) in [7, 11) is -4.62. The average molecular weight is 602 g/mol. The first-order chi connectivity index (χ1) is 18.3. The number of nitrogens with one attached hydrogen (secondary N) is 1. The van der Waals surface area contributed by atoms with Crippen LogP contribution in [0.1, 0.15) is 28.3 Å². The number of rotatable bonds is 8. The fourth-order valence-corrected chi connectivity index (χ4v) is 6.55. The quantitative estimate of drug-likeness (QED) is 0.209. The Bertz CT molecular complexity index is 1600. The molecule has 0 saturated heterocycles. The number of aryl methyl sites for hydroxylation is 2. The van der Waals surface area contributed by atoms with Crippen molar-refractivity contribution < 1.29 is 30.4 Å². The number of anilines is 2. The first-order valence-electron chi connectivity index (χ1n) is 11.3. The molecule has 0 aliphatic carbocycles. The van der Waals surface area contributed by atoms with Crippen LogP contribution in [0.3, 0.4) is 0 Å². The van der Waals surface area contributed by atoms with Crippen LogP contribution >= 0.6 is 22.9 Å². The van der Waals surface area contributed by atoms with Crippen molar-refractivity contribution in [1.82, 2.24) is 4.98 Å². The predicted molar refractivity (Wildman–Crippen MR) is 142 cm³/mol. The van der Waals surface area contributed by atoms with E-state index < -0.39 is 55.0 Å². The summed E-state index contributed by atoms with van der Waals surface area (Å²) in [5.74, 6) is -2.48. The predicted octanol–water partition coefficient (Wildman–Crippen LogP) is 7.80. The summed E-state index contributed by atoms with van der Waals surface area (Å²) in [6, 6.07) is 8.36. The number of alkyl halides is 3. The number of thiazole rings is 1. The molecule has 0 unspecified atom stereocenters. The molecule has 39 heavy (non-hydrogen) atoms. The highest BCUT2D eigenvalue weighted by molar-refractivity contribution is 7.93. The van der Waals surface area contributed by atoms with E-state index in [0.717, 1.165) is 45.0 Å². The number of hydrogen-bond acceptors (Lipinski definition) is 5. The highest BCUT2D eigenvalue weighted by atomic mass is 35.5. The summed E-state index contributed by atoms with van der Waals surface area (Å²) >= 11 is 7.19. The van der Waals surface area contributed by atoms with Gasteiger partial charge in [-0.05, 0) is 43.2 Å². The van der Waals surface area contributed by atoms with E-state index in [1.807, 2.05) is 18.3 Å². The maximum atomic E-state index is 15.4. The number of aromatic nitrogens is 1. The van der Waals surface area contributed by atoms with Gasteiger partial charge in [-0.3, -0.25) is 0 Å². The summed E-state index contributed by atoms with van der Waals surface area (Å²) in [4.78, 5) is 3.21. The van der Waals surface area contributed by atoms with E-state index in [1.165, 1.54) is 18.3 Å². The van der Waals surface area contributed by atoms with E-state index in [1.54, 1.807) is 24.4 Å². The fraction of sp³-hybridized carbons (Fsp3) is 0.192. The zero-order chi connectivity index (χ0) is 28.5. The van der Waals surface area contributed by atoms with E-state index in [9.17, 15) is 26.0 Å². The molecule has 206 valence electrons. The third-order valence-corrected chi connectivity index (χ3v) is 8.85. The molecule has 4 aromatic rings. The van der Waals surface area contributed by atoms with Gasteiger partial charge in [0.15, 0.2) is 11.2 Å². The van der Waals surface area contributed by atoms with Crippen LogP contribution in [-0.4, -0.2) is 19.6 Å². The van der Waals surface area contributed by atoms with Gasteiger partial charge in [0.2, 0.25) is 0 Å². The number of sulfonamides is 1. The lowest BCUT2D eigenvalue weighted by molar-refractivity contribution is -0.144. The Balaban J connectivity index is 1.74. The molecule has 0 aliphatic heterocycles. The zero-order valence-electron chi connectivity index (χ0n) is 20.4. The number of benzene rings is 3. The van der Waals surface area contributed by atoms with E-state index in [-0.39, 0.29) is 11.7 Å². The maximum absolute atomic E-state index is 15.4. The Morgan fingerprint density at radius 1 is 1.05 bits per heavy atom. The van der Waals surface area contributed by atoms with E-state index in [0.29, 0.717) is 11.6 Å². The highest BCUT2D eigenvalue weighted by Crippen LogP contribution is 2.40. The molecule has 0 fully saturated rings. The van der Waals surface area contributed by atoms with E-state index in [4.69, 9.17) is 11.6 Å². The molecule has 0 spiro atoms. The normalized spacial score (nSPS) is 12.8. The molecule has 3 aromatic carbocycles. The minimum Gasteiger partial charge on any atom is -0.369 e. The van der Waals surface area contributed by atoms with Gasteiger partial charge in [-0.2, -0.15) is 13.2 Å². The summed E-state index contributed by atoms with van der Waals surface area (Å²) in [6.45, 7) is 3.51. The molecule has 0 radical (unpaired) electrons. The summed E-state index contributed by atoms with van der Waals surface area (Å²) in [5, 5.41) is 3.12. The van der Waals surface area contributed by atoms with Gasteiger partial charge in [-0.1, -0.05) is 53.6 Å². The molecule has 0 bridgehead atoms. The lowest BCUT2D eigenvalue weighted by Crippen LogP contribution is -2.32. The number of hydrogen-bond donors (Lipinski definition) is 1. The van der Waals surface area contributed by atoms with Crippen LogP contribution in [-0.2, 0) is 16.6 Å². The van der Waals surface area contributed by atoms with E-state index in [2.05, 4.69) is 4.98 Å². The first kappa shape index (κ1) is 28.8. The Morgan fingerprint density at radius 2 is 1.77 bits per heavy atom. The molecule has 1 aromatic heterocycles. The van der Waals surface area contributed by atoms with Gasteiger partial charge in [0, 0.05) is 17.1 Å². The van der Waals surface area contributed by atoms with Crippen molar-refractivity contribution in [2.24, 2.45) is 0 Å². The van der Waals surface area contributed by atoms with Gasteiger partial charge in [-0.25, -0.2) is 26.5 Å².